The number of benzene rings is 1. The monoisotopic (exact) mass is 408 g/mol. The largest absolute Gasteiger partial charge is 0.379 e. The van der Waals surface area contributed by atoms with E-state index < -0.39 is 10.0 Å². The van der Waals surface area contributed by atoms with E-state index in [1.807, 2.05) is 39.0 Å². The van der Waals surface area contributed by atoms with Crippen LogP contribution in [0.5, 0.6) is 0 Å². The quantitative estimate of drug-likeness (QED) is 0.844. The van der Waals surface area contributed by atoms with Crippen LogP contribution in [0.4, 0.5) is 0 Å². The molecule has 1 aliphatic heterocycles. The van der Waals surface area contributed by atoms with Gasteiger partial charge in [-0.25, -0.2) is 8.42 Å². The highest BCUT2D eigenvalue weighted by Gasteiger charge is 2.27. The maximum atomic E-state index is 12.7. The molecule has 0 unspecified atom stereocenters. The predicted octanol–water partition coefficient (Wildman–Crippen LogP) is 2.96. The lowest BCUT2D eigenvalue weighted by Crippen LogP contribution is -2.40. The summed E-state index contributed by atoms with van der Waals surface area (Å²) in [5, 5.41) is 2.92. The maximum Gasteiger partial charge on any atom is 0.252 e. The van der Waals surface area contributed by atoms with E-state index in [2.05, 4.69) is 5.32 Å². The van der Waals surface area contributed by atoms with Crippen molar-refractivity contribution in [3.8, 4) is 10.4 Å². The highest BCUT2D eigenvalue weighted by atomic mass is 32.2. The lowest BCUT2D eigenvalue weighted by Gasteiger charge is -2.25. The molecule has 27 heavy (non-hydrogen) atoms. The Hall–Kier alpha value is -1.74. The Labute approximate surface area is 164 Å². The van der Waals surface area contributed by atoms with Gasteiger partial charge in [0.2, 0.25) is 0 Å². The summed E-state index contributed by atoms with van der Waals surface area (Å²) < 4.78 is 32.5. The highest BCUT2D eigenvalue weighted by molar-refractivity contribution is 7.91. The van der Waals surface area contributed by atoms with Gasteiger partial charge in [0, 0.05) is 29.1 Å². The Morgan fingerprint density at radius 2 is 1.70 bits per heavy atom. The molecule has 1 saturated heterocycles. The summed E-state index contributed by atoms with van der Waals surface area (Å²) in [7, 11) is -3.48. The van der Waals surface area contributed by atoms with Crippen LogP contribution in [-0.4, -0.2) is 50.5 Å². The minimum absolute atomic E-state index is 0.129. The van der Waals surface area contributed by atoms with Gasteiger partial charge < -0.3 is 10.1 Å². The standard InChI is InChI=1S/C19H24N2O4S2/c1-19(2,3)20-18(22)15-6-4-14(5-7-15)16-8-9-17(26-16)27(23,24)21-10-12-25-13-11-21/h4-9H,10-13H2,1-3H3,(H,20,22). The molecule has 1 amide bonds. The number of thiophene rings is 1. The number of carbonyl (C=O) groups is 1. The van der Waals surface area contributed by atoms with Crippen LogP contribution in [0.3, 0.4) is 0 Å². The third kappa shape index (κ3) is 4.76. The van der Waals surface area contributed by atoms with E-state index in [0.717, 1.165) is 10.4 Å². The molecule has 0 saturated carbocycles. The van der Waals surface area contributed by atoms with E-state index in [0.29, 0.717) is 36.1 Å². The normalized spacial score (nSPS) is 16.3. The topological polar surface area (TPSA) is 75.7 Å². The first kappa shape index (κ1) is 20.0. The molecule has 0 atom stereocenters. The Balaban J connectivity index is 1.77. The van der Waals surface area contributed by atoms with E-state index in [1.165, 1.54) is 15.6 Å². The van der Waals surface area contributed by atoms with Gasteiger partial charge in [0.1, 0.15) is 4.21 Å². The fourth-order valence-electron chi connectivity index (χ4n) is 2.73. The number of hydrogen-bond donors (Lipinski definition) is 1. The van der Waals surface area contributed by atoms with Gasteiger partial charge in [-0.05, 0) is 50.6 Å². The average molecular weight is 409 g/mol. The first-order chi connectivity index (χ1) is 12.7. The molecule has 1 fully saturated rings. The maximum absolute atomic E-state index is 12.7. The summed E-state index contributed by atoms with van der Waals surface area (Å²) in [5.74, 6) is -0.129. The van der Waals surface area contributed by atoms with E-state index in [1.54, 1.807) is 18.2 Å². The van der Waals surface area contributed by atoms with Crippen molar-refractivity contribution in [2.75, 3.05) is 26.3 Å². The number of rotatable bonds is 4. The summed E-state index contributed by atoms with van der Waals surface area (Å²) in [6.45, 7) is 7.41. The van der Waals surface area contributed by atoms with Crippen molar-refractivity contribution in [1.29, 1.82) is 0 Å². The van der Waals surface area contributed by atoms with E-state index >= 15 is 0 Å². The molecule has 8 heteroatoms. The van der Waals surface area contributed by atoms with Gasteiger partial charge in [0.15, 0.2) is 0 Å². The summed E-state index contributed by atoms with van der Waals surface area (Å²) in [6, 6.07) is 10.6. The number of nitrogens with one attached hydrogen (secondary N) is 1. The van der Waals surface area contributed by atoms with Crippen LogP contribution in [0.1, 0.15) is 31.1 Å². The van der Waals surface area contributed by atoms with Gasteiger partial charge in [0.05, 0.1) is 13.2 Å². The van der Waals surface area contributed by atoms with Gasteiger partial charge in [-0.3, -0.25) is 4.79 Å². The Morgan fingerprint density at radius 1 is 1.07 bits per heavy atom. The number of sulfonamides is 1. The summed E-state index contributed by atoms with van der Waals surface area (Å²) in [5.41, 5.74) is 1.16. The highest BCUT2D eigenvalue weighted by Crippen LogP contribution is 2.32. The fourth-order valence-corrected chi connectivity index (χ4v) is 5.60. The minimum Gasteiger partial charge on any atom is -0.379 e. The molecule has 146 valence electrons. The van der Waals surface area contributed by atoms with E-state index in [9.17, 15) is 13.2 Å². The molecule has 2 heterocycles. The third-order valence-electron chi connectivity index (χ3n) is 4.07. The minimum atomic E-state index is -3.48. The second-order valence-corrected chi connectivity index (χ2v) is 10.7. The van der Waals surface area contributed by atoms with Crippen molar-refractivity contribution in [2.45, 2.75) is 30.5 Å². The second kappa shape index (κ2) is 7.71. The number of morpholine rings is 1. The lowest BCUT2D eigenvalue weighted by atomic mass is 10.1. The van der Waals surface area contributed by atoms with Crippen LogP contribution in [0.15, 0.2) is 40.6 Å². The SMILES string of the molecule is CC(C)(C)NC(=O)c1ccc(-c2ccc(S(=O)(=O)N3CCOCC3)s2)cc1. The first-order valence-electron chi connectivity index (χ1n) is 8.77. The van der Waals surface area contributed by atoms with Crippen molar-refractivity contribution < 1.29 is 17.9 Å². The molecule has 0 radical (unpaired) electrons. The third-order valence-corrected chi connectivity index (χ3v) is 7.57. The first-order valence-corrected chi connectivity index (χ1v) is 11.0. The molecule has 0 bridgehead atoms. The van der Waals surface area contributed by atoms with Gasteiger partial charge in [-0.2, -0.15) is 4.31 Å². The van der Waals surface area contributed by atoms with Crippen LogP contribution in [-0.2, 0) is 14.8 Å². The molecular formula is C19H24N2O4S2. The number of ether oxygens (including phenoxy) is 1. The molecule has 0 aliphatic carbocycles. The molecule has 1 N–H and O–H groups in total. The second-order valence-electron chi connectivity index (χ2n) is 7.42. The smallest absolute Gasteiger partial charge is 0.252 e. The van der Waals surface area contributed by atoms with Gasteiger partial charge in [0.25, 0.3) is 15.9 Å². The number of amides is 1. The summed E-state index contributed by atoms with van der Waals surface area (Å²) in [6.07, 6.45) is 0. The van der Waals surface area contributed by atoms with E-state index in [4.69, 9.17) is 4.74 Å². The predicted molar refractivity (Wildman–Crippen MR) is 107 cm³/mol. The van der Waals surface area contributed by atoms with Crippen LogP contribution in [0.2, 0.25) is 0 Å². The van der Waals surface area contributed by atoms with Crippen molar-refractivity contribution >= 4 is 27.3 Å². The van der Waals surface area contributed by atoms with E-state index in [-0.39, 0.29) is 11.4 Å². The molecule has 6 nitrogen and oxygen atoms in total. The summed E-state index contributed by atoms with van der Waals surface area (Å²) >= 11 is 1.24. The molecule has 1 aromatic heterocycles. The molecule has 2 aromatic rings. The molecular weight excluding hydrogens is 384 g/mol. The Morgan fingerprint density at radius 3 is 2.30 bits per heavy atom. The lowest BCUT2D eigenvalue weighted by molar-refractivity contribution is 0.0731. The van der Waals surface area contributed by atoms with Crippen molar-refractivity contribution in [3.05, 3.63) is 42.0 Å². The van der Waals surface area contributed by atoms with Crippen LogP contribution < -0.4 is 5.32 Å². The molecule has 0 spiro atoms. The number of nitrogens with zero attached hydrogens (tertiary/aromatic N) is 1. The van der Waals surface area contributed by atoms with Crippen molar-refractivity contribution in [1.82, 2.24) is 9.62 Å². The van der Waals surface area contributed by atoms with Crippen LogP contribution >= 0.6 is 11.3 Å². The van der Waals surface area contributed by atoms with Crippen molar-refractivity contribution in [3.63, 3.8) is 0 Å². The van der Waals surface area contributed by atoms with Gasteiger partial charge in [-0.15, -0.1) is 11.3 Å². The molecule has 1 aliphatic rings. The number of hydrogen-bond acceptors (Lipinski definition) is 5. The van der Waals surface area contributed by atoms with Gasteiger partial charge >= 0.3 is 0 Å². The fraction of sp³-hybridized carbons (Fsp3) is 0.421. The Bertz CT molecular complexity index is 906. The van der Waals surface area contributed by atoms with Crippen molar-refractivity contribution in [2.24, 2.45) is 0 Å². The zero-order valence-electron chi connectivity index (χ0n) is 15.7. The average Bonchev–Trinajstić information content (AvgIpc) is 3.12. The molecule has 1 aromatic carbocycles. The molecule has 3 rings (SSSR count). The Kier molecular flexibility index (Phi) is 5.71. The van der Waals surface area contributed by atoms with Crippen LogP contribution in [0, 0.1) is 0 Å². The number of carbonyl (C=O) groups excluding carboxylic acids is 1. The zero-order chi connectivity index (χ0) is 19.7. The van der Waals surface area contributed by atoms with Gasteiger partial charge in [-0.1, -0.05) is 12.1 Å². The van der Waals surface area contributed by atoms with Crippen LogP contribution in [0.25, 0.3) is 10.4 Å². The zero-order valence-corrected chi connectivity index (χ0v) is 17.3. The summed E-state index contributed by atoms with van der Waals surface area (Å²) in [4.78, 5) is 13.1.